The third kappa shape index (κ3) is 2.70. The van der Waals surface area contributed by atoms with Crippen molar-refractivity contribution in [2.75, 3.05) is 6.26 Å². The van der Waals surface area contributed by atoms with Gasteiger partial charge in [-0.3, -0.25) is 4.79 Å². The number of carbonyl (C=O) groups excluding carboxylic acids is 1. The second-order valence-electron chi connectivity index (χ2n) is 4.77. The van der Waals surface area contributed by atoms with E-state index in [2.05, 4.69) is 0 Å². The van der Waals surface area contributed by atoms with E-state index in [1.54, 1.807) is 65.0 Å². The van der Waals surface area contributed by atoms with Crippen molar-refractivity contribution in [3.05, 3.63) is 83.9 Å². The summed E-state index contributed by atoms with van der Waals surface area (Å²) in [6.07, 6.45) is 3.68. The Labute approximate surface area is 132 Å². The molecule has 0 N–H and O–H groups in total. The quantitative estimate of drug-likeness (QED) is 0.520. The zero-order chi connectivity index (χ0) is 15.5. The summed E-state index contributed by atoms with van der Waals surface area (Å²) in [6.45, 7) is 0. The van der Waals surface area contributed by atoms with Crippen LogP contribution in [0.25, 0.3) is 5.69 Å². The number of thioether (sulfide) groups is 1. The Balaban J connectivity index is 2.01. The fourth-order valence-corrected chi connectivity index (χ4v) is 2.72. The van der Waals surface area contributed by atoms with Crippen molar-refractivity contribution >= 4 is 17.5 Å². The van der Waals surface area contributed by atoms with Crippen molar-refractivity contribution in [1.29, 1.82) is 0 Å². The first-order valence-corrected chi connectivity index (χ1v) is 8.04. The molecular formula is C18H14FNOS. The van der Waals surface area contributed by atoms with Crippen molar-refractivity contribution in [2.24, 2.45) is 0 Å². The van der Waals surface area contributed by atoms with Crippen LogP contribution < -0.4 is 0 Å². The van der Waals surface area contributed by atoms with Gasteiger partial charge in [-0.25, -0.2) is 4.39 Å². The average Bonchev–Trinajstić information content (AvgIpc) is 3.04. The van der Waals surface area contributed by atoms with Gasteiger partial charge in [0.25, 0.3) is 0 Å². The summed E-state index contributed by atoms with van der Waals surface area (Å²) in [6, 6.07) is 17.3. The lowest BCUT2D eigenvalue weighted by Gasteiger charge is -2.09. The molecule has 3 rings (SSSR count). The predicted octanol–water partition coefficient (Wildman–Crippen LogP) is 4.57. The molecule has 22 heavy (non-hydrogen) atoms. The lowest BCUT2D eigenvalue weighted by atomic mass is 10.1. The molecule has 4 heteroatoms. The Bertz CT molecular complexity index is 808. The lowest BCUT2D eigenvalue weighted by Crippen LogP contribution is -2.09. The summed E-state index contributed by atoms with van der Waals surface area (Å²) < 4.78 is 15.5. The van der Waals surface area contributed by atoms with E-state index in [1.807, 2.05) is 18.4 Å². The SMILES string of the molecule is CSc1ccc(C(=O)c2cccn2-c2ccccc2F)cc1. The van der Waals surface area contributed by atoms with Crippen LogP contribution in [0.5, 0.6) is 0 Å². The van der Waals surface area contributed by atoms with Crippen LogP contribution in [0.15, 0.2) is 71.8 Å². The van der Waals surface area contributed by atoms with Gasteiger partial charge >= 0.3 is 0 Å². The zero-order valence-electron chi connectivity index (χ0n) is 12.0. The van der Waals surface area contributed by atoms with Crippen LogP contribution in [0.3, 0.4) is 0 Å². The molecule has 0 radical (unpaired) electrons. The number of hydrogen-bond donors (Lipinski definition) is 0. The van der Waals surface area contributed by atoms with Crippen molar-refractivity contribution in [2.45, 2.75) is 4.90 Å². The summed E-state index contributed by atoms with van der Waals surface area (Å²) in [5.41, 5.74) is 1.41. The van der Waals surface area contributed by atoms with Crippen molar-refractivity contribution in [1.82, 2.24) is 4.57 Å². The molecule has 0 saturated heterocycles. The molecule has 1 aromatic heterocycles. The number of ketones is 1. The average molecular weight is 311 g/mol. The summed E-state index contributed by atoms with van der Waals surface area (Å²) in [5.74, 6) is -0.480. The van der Waals surface area contributed by atoms with Crippen molar-refractivity contribution in [3.8, 4) is 5.69 Å². The van der Waals surface area contributed by atoms with Gasteiger partial charge in [0.05, 0.1) is 11.4 Å². The van der Waals surface area contributed by atoms with Crippen LogP contribution in [-0.4, -0.2) is 16.6 Å². The molecule has 0 bridgehead atoms. The molecule has 0 atom stereocenters. The molecule has 2 aromatic carbocycles. The van der Waals surface area contributed by atoms with E-state index in [9.17, 15) is 9.18 Å². The van der Waals surface area contributed by atoms with Crippen LogP contribution in [-0.2, 0) is 0 Å². The van der Waals surface area contributed by atoms with Crippen LogP contribution in [0, 0.1) is 5.82 Å². The maximum atomic E-state index is 14.0. The highest BCUT2D eigenvalue weighted by atomic mass is 32.2. The van der Waals surface area contributed by atoms with E-state index in [0.29, 0.717) is 16.9 Å². The van der Waals surface area contributed by atoms with Gasteiger partial charge in [-0.15, -0.1) is 11.8 Å². The second kappa shape index (κ2) is 6.20. The minimum atomic E-state index is -0.356. The van der Waals surface area contributed by atoms with Crippen LogP contribution in [0.1, 0.15) is 16.1 Å². The van der Waals surface area contributed by atoms with E-state index in [0.717, 1.165) is 4.90 Å². The monoisotopic (exact) mass is 311 g/mol. The third-order valence-electron chi connectivity index (χ3n) is 3.45. The number of hydrogen-bond acceptors (Lipinski definition) is 2. The van der Waals surface area contributed by atoms with Gasteiger partial charge in [-0.1, -0.05) is 12.1 Å². The number of benzene rings is 2. The zero-order valence-corrected chi connectivity index (χ0v) is 12.8. The highest BCUT2D eigenvalue weighted by Crippen LogP contribution is 2.20. The topological polar surface area (TPSA) is 22.0 Å². The first kappa shape index (κ1) is 14.6. The summed E-state index contributed by atoms with van der Waals surface area (Å²) in [4.78, 5) is 13.8. The molecule has 0 aliphatic carbocycles. The Hall–Kier alpha value is -2.33. The molecular weight excluding hydrogens is 297 g/mol. The number of nitrogens with zero attached hydrogens (tertiary/aromatic N) is 1. The standard InChI is InChI=1S/C18H14FNOS/c1-22-14-10-8-13(9-11-14)18(21)17-7-4-12-20(17)16-6-3-2-5-15(16)19/h2-12H,1H3. The molecule has 0 aliphatic heterocycles. The van der Waals surface area contributed by atoms with Crippen LogP contribution in [0.2, 0.25) is 0 Å². The Morgan fingerprint density at radius 3 is 2.41 bits per heavy atom. The van der Waals surface area contributed by atoms with Crippen LogP contribution >= 0.6 is 11.8 Å². The van der Waals surface area contributed by atoms with Gasteiger partial charge in [0.15, 0.2) is 0 Å². The molecule has 0 fully saturated rings. The number of halogens is 1. The number of aromatic nitrogens is 1. The fourth-order valence-electron chi connectivity index (χ4n) is 2.31. The lowest BCUT2D eigenvalue weighted by molar-refractivity contribution is 0.103. The predicted molar refractivity (Wildman–Crippen MR) is 87.4 cm³/mol. The smallest absolute Gasteiger partial charge is 0.209 e. The van der Waals surface area contributed by atoms with Gasteiger partial charge in [0, 0.05) is 16.7 Å². The largest absolute Gasteiger partial charge is 0.311 e. The van der Waals surface area contributed by atoms with Gasteiger partial charge in [-0.05, 0) is 54.8 Å². The molecule has 110 valence electrons. The van der Waals surface area contributed by atoms with Gasteiger partial charge in [0.2, 0.25) is 5.78 Å². The molecule has 2 nitrogen and oxygen atoms in total. The molecule has 1 heterocycles. The maximum Gasteiger partial charge on any atom is 0.209 e. The minimum absolute atomic E-state index is 0.124. The molecule has 0 unspecified atom stereocenters. The molecule has 3 aromatic rings. The van der Waals surface area contributed by atoms with E-state index in [4.69, 9.17) is 0 Å². The van der Waals surface area contributed by atoms with Crippen LogP contribution in [0.4, 0.5) is 4.39 Å². The Morgan fingerprint density at radius 2 is 1.73 bits per heavy atom. The Morgan fingerprint density at radius 1 is 1.00 bits per heavy atom. The second-order valence-corrected chi connectivity index (χ2v) is 5.65. The van der Waals surface area contributed by atoms with Gasteiger partial charge in [-0.2, -0.15) is 0 Å². The number of para-hydroxylation sites is 1. The van der Waals surface area contributed by atoms with Crippen molar-refractivity contribution < 1.29 is 9.18 Å². The van der Waals surface area contributed by atoms with E-state index < -0.39 is 0 Å². The maximum absolute atomic E-state index is 14.0. The molecule has 0 saturated carbocycles. The molecule has 0 aliphatic rings. The van der Waals surface area contributed by atoms with Gasteiger partial charge < -0.3 is 4.57 Å². The summed E-state index contributed by atoms with van der Waals surface area (Å²) >= 11 is 1.62. The van der Waals surface area contributed by atoms with Crippen molar-refractivity contribution in [3.63, 3.8) is 0 Å². The van der Waals surface area contributed by atoms with Gasteiger partial charge in [0.1, 0.15) is 5.82 Å². The molecule has 0 amide bonds. The first-order chi connectivity index (χ1) is 10.7. The summed E-state index contributed by atoms with van der Waals surface area (Å²) in [7, 11) is 0. The van der Waals surface area contributed by atoms with E-state index in [1.165, 1.54) is 6.07 Å². The van der Waals surface area contributed by atoms with E-state index >= 15 is 0 Å². The number of rotatable bonds is 4. The minimum Gasteiger partial charge on any atom is -0.311 e. The molecule has 0 spiro atoms. The fraction of sp³-hybridized carbons (Fsp3) is 0.0556. The highest BCUT2D eigenvalue weighted by molar-refractivity contribution is 7.98. The third-order valence-corrected chi connectivity index (χ3v) is 4.19. The van der Waals surface area contributed by atoms with E-state index in [-0.39, 0.29) is 11.6 Å². The Kier molecular flexibility index (Phi) is 4.11. The normalized spacial score (nSPS) is 10.6. The first-order valence-electron chi connectivity index (χ1n) is 6.81. The highest BCUT2D eigenvalue weighted by Gasteiger charge is 2.15. The number of carbonyl (C=O) groups is 1. The summed E-state index contributed by atoms with van der Waals surface area (Å²) in [5, 5.41) is 0.